The largest absolute Gasteiger partial charge is 0.351 e. The van der Waals surface area contributed by atoms with Crippen molar-refractivity contribution in [2.75, 3.05) is 39.0 Å². The van der Waals surface area contributed by atoms with Crippen molar-refractivity contribution in [3.8, 4) is 0 Å². The predicted octanol–water partition coefficient (Wildman–Crippen LogP) is 1.51. The lowest BCUT2D eigenvalue weighted by Gasteiger charge is -2.12. The van der Waals surface area contributed by atoms with Crippen molar-refractivity contribution < 1.29 is 9.59 Å². The summed E-state index contributed by atoms with van der Waals surface area (Å²) in [5, 5.41) is 8.77. The van der Waals surface area contributed by atoms with E-state index in [1.54, 1.807) is 38.4 Å². The van der Waals surface area contributed by atoms with Gasteiger partial charge in [-0.3, -0.25) is 4.79 Å². The van der Waals surface area contributed by atoms with Gasteiger partial charge in [-0.15, -0.1) is 0 Å². The van der Waals surface area contributed by atoms with E-state index in [2.05, 4.69) is 22.9 Å². The van der Waals surface area contributed by atoms with E-state index in [-0.39, 0.29) is 11.9 Å². The molecule has 0 atom stereocenters. The van der Waals surface area contributed by atoms with E-state index >= 15 is 0 Å². The molecule has 0 radical (unpaired) electrons. The number of benzene rings is 1. The monoisotopic (exact) mass is 292 g/mol. The smallest absolute Gasteiger partial charge is 0.321 e. The maximum atomic E-state index is 12.0. The maximum Gasteiger partial charge on any atom is 0.321 e. The van der Waals surface area contributed by atoms with Gasteiger partial charge in [0, 0.05) is 38.4 Å². The average molecular weight is 292 g/mol. The van der Waals surface area contributed by atoms with Crippen molar-refractivity contribution in [2.45, 2.75) is 13.3 Å². The number of rotatable bonds is 7. The lowest BCUT2D eigenvalue weighted by Crippen LogP contribution is -2.32. The first-order chi connectivity index (χ1) is 10.0. The highest BCUT2D eigenvalue weighted by Crippen LogP contribution is 2.11. The van der Waals surface area contributed by atoms with E-state index in [1.807, 2.05) is 0 Å². The third-order valence-corrected chi connectivity index (χ3v) is 2.80. The van der Waals surface area contributed by atoms with Crippen molar-refractivity contribution in [2.24, 2.45) is 0 Å². The summed E-state index contributed by atoms with van der Waals surface area (Å²) in [6, 6.07) is 6.66. The number of carbonyl (C=O) groups excluding carboxylic acids is 2. The molecule has 0 bridgehead atoms. The Kier molecular flexibility index (Phi) is 7.25. The van der Waals surface area contributed by atoms with Crippen molar-refractivity contribution in [3.05, 3.63) is 29.8 Å². The minimum Gasteiger partial charge on any atom is -0.351 e. The summed E-state index contributed by atoms with van der Waals surface area (Å²) in [5.41, 5.74) is 1.13. The van der Waals surface area contributed by atoms with E-state index in [9.17, 15) is 9.59 Å². The number of urea groups is 1. The molecule has 0 saturated heterocycles. The van der Waals surface area contributed by atoms with Crippen LogP contribution in [0.4, 0.5) is 10.5 Å². The number of nitrogens with zero attached hydrogens (tertiary/aromatic N) is 1. The van der Waals surface area contributed by atoms with Crippen LogP contribution in [-0.4, -0.2) is 50.6 Å². The zero-order chi connectivity index (χ0) is 15.7. The van der Waals surface area contributed by atoms with Crippen LogP contribution in [0.15, 0.2) is 24.3 Å². The van der Waals surface area contributed by atoms with Crippen LogP contribution in [-0.2, 0) is 0 Å². The summed E-state index contributed by atoms with van der Waals surface area (Å²) in [7, 11) is 3.32. The van der Waals surface area contributed by atoms with Gasteiger partial charge in [0.25, 0.3) is 5.91 Å². The van der Waals surface area contributed by atoms with Gasteiger partial charge < -0.3 is 20.9 Å². The van der Waals surface area contributed by atoms with Crippen molar-refractivity contribution >= 4 is 17.6 Å². The lowest BCUT2D eigenvalue weighted by molar-refractivity contribution is 0.0954. The van der Waals surface area contributed by atoms with E-state index in [4.69, 9.17) is 0 Å². The second-order valence-corrected chi connectivity index (χ2v) is 4.91. The Hall–Kier alpha value is -2.08. The predicted molar refractivity (Wildman–Crippen MR) is 84.6 cm³/mol. The topological polar surface area (TPSA) is 73.5 Å². The molecular formula is C15H24N4O2. The fourth-order valence-electron chi connectivity index (χ4n) is 1.64. The molecule has 0 aliphatic carbocycles. The van der Waals surface area contributed by atoms with Crippen molar-refractivity contribution in [3.63, 3.8) is 0 Å². The number of anilines is 1. The summed E-state index contributed by atoms with van der Waals surface area (Å²) in [6.45, 7) is 4.37. The van der Waals surface area contributed by atoms with E-state index in [1.165, 1.54) is 4.90 Å². The number of nitrogens with one attached hydrogen (secondary N) is 3. The van der Waals surface area contributed by atoms with Crippen LogP contribution < -0.4 is 16.0 Å². The van der Waals surface area contributed by atoms with Gasteiger partial charge in [-0.05, 0) is 31.2 Å². The Balaban J connectivity index is 2.51. The standard InChI is InChI=1S/C15H24N4O2/c1-4-8-16-9-10-17-14(20)12-6-5-7-13(11-12)18-15(21)19(2)3/h5-7,11,16H,4,8-10H2,1-3H3,(H,17,20)(H,18,21). The van der Waals surface area contributed by atoms with Crippen LogP contribution in [0.2, 0.25) is 0 Å². The third-order valence-electron chi connectivity index (χ3n) is 2.80. The van der Waals surface area contributed by atoms with Crippen LogP contribution >= 0.6 is 0 Å². The molecule has 21 heavy (non-hydrogen) atoms. The molecular weight excluding hydrogens is 268 g/mol. The van der Waals surface area contributed by atoms with Crippen LogP contribution in [0.5, 0.6) is 0 Å². The average Bonchev–Trinajstić information content (AvgIpc) is 2.47. The Bertz CT molecular complexity index is 474. The summed E-state index contributed by atoms with van der Waals surface area (Å²) in [6.07, 6.45) is 1.07. The summed E-state index contributed by atoms with van der Waals surface area (Å²) in [4.78, 5) is 25.0. The quantitative estimate of drug-likeness (QED) is 0.667. The fraction of sp³-hybridized carbons (Fsp3) is 0.467. The lowest BCUT2D eigenvalue weighted by atomic mass is 10.2. The van der Waals surface area contributed by atoms with Gasteiger partial charge in [0.2, 0.25) is 0 Å². The normalized spacial score (nSPS) is 10.0. The second kappa shape index (κ2) is 8.97. The van der Waals surface area contributed by atoms with Gasteiger partial charge in [-0.25, -0.2) is 4.79 Å². The van der Waals surface area contributed by atoms with Gasteiger partial charge in [0.15, 0.2) is 0 Å². The minimum absolute atomic E-state index is 0.144. The van der Waals surface area contributed by atoms with Crippen molar-refractivity contribution in [1.82, 2.24) is 15.5 Å². The second-order valence-electron chi connectivity index (χ2n) is 4.91. The molecule has 6 heteroatoms. The molecule has 0 aliphatic heterocycles. The Morgan fingerprint density at radius 2 is 1.90 bits per heavy atom. The minimum atomic E-state index is -0.226. The molecule has 1 aromatic carbocycles. The molecule has 3 N–H and O–H groups in total. The number of hydrogen-bond donors (Lipinski definition) is 3. The molecule has 0 unspecified atom stereocenters. The highest BCUT2D eigenvalue weighted by molar-refractivity contribution is 5.96. The molecule has 0 aromatic heterocycles. The van der Waals surface area contributed by atoms with Gasteiger partial charge in [0.1, 0.15) is 0 Å². The van der Waals surface area contributed by atoms with Crippen LogP contribution in [0.25, 0.3) is 0 Å². The van der Waals surface area contributed by atoms with E-state index < -0.39 is 0 Å². The van der Waals surface area contributed by atoms with Gasteiger partial charge in [0.05, 0.1) is 0 Å². The van der Waals surface area contributed by atoms with E-state index in [0.717, 1.165) is 19.5 Å². The Morgan fingerprint density at radius 1 is 1.14 bits per heavy atom. The van der Waals surface area contributed by atoms with E-state index in [0.29, 0.717) is 17.8 Å². The van der Waals surface area contributed by atoms with Gasteiger partial charge in [-0.1, -0.05) is 13.0 Å². The van der Waals surface area contributed by atoms with Crippen molar-refractivity contribution in [1.29, 1.82) is 0 Å². The number of carbonyl (C=O) groups is 2. The highest BCUT2D eigenvalue weighted by Gasteiger charge is 2.08. The molecule has 3 amide bonds. The molecule has 0 heterocycles. The zero-order valence-electron chi connectivity index (χ0n) is 12.9. The molecule has 0 saturated carbocycles. The highest BCUT2D eigenvalue weighted by atomic mass is 16.2. The van der Waals surface area contributed by atoms with Gasteiger partial charge >= 0.3 is 6.03 Å². The Labute approximate surface area is 125 Å². The van der Waals surface area contributed by atoms with Crippen LogP contribution in [0, 0.1) is 0 Å². The molecule has 0 spiro atoms. The maximum absolute atomic E-state index is 12.0. The third kappa shape index (κ3) is 6.27. The first kappa shape index (κ1) is 17.0. The number of amides is 3. The number of hydrogen-bond acceptors (Lipinski definition) is 3. The first-order valence-corrected chi connectivity index (χ1v) is 7.12. The molecule has 1 aromatic rings. The first-order valence-electron chi connectivity index (χ1n) is 7.12. The Morgan fingerprint density at radius 3 is 2.57 bits per heavy atom. The summed E-state index contributed by atoms with van der Waals surface area (Å²) in [5.74, 6) is -0.144. The molecule has 6 nitrogen and oxygen atoms in total. The molecule has 1 rings (SSSR count). The van der Waals surface area contributed by atoms with Gasteiger partial charge in [-0.2, -0.15) is 0 Å². The molecule has 0 fully saturated rings. The molecule has 0 aliphatic rings. The summed E-state index contributed by atoms with van der Waals surface area (Å²) >= 11 is 0. The SMILES string of the molecule is CCCNCCNC(=O)c1cccc(NC(=O)N(C)C)c1. The fourth-order valence-corrected chi connectivity index (χ4v) is 1.64. The molecule has 116 valence electrons. The van der Waals surface area contributed by atoms with Crippen LogP contribution in [0.3, 0.4) is 0 Å². The van der Waals surface area contributed by atoms with Crippen LogP contribution in [0.1, 0.15) is 23.7 Å². The zero-order valence-corrected chi connectivity index (χ0v) is 12.9. The summed E-state index contributed by atoms with van der Waals surface area (Å²) < 4.78 is 0.